The van der Waals surface area contributed by atoms with Crippen molar-refractivity contribution in [2.75, 3.05) is 0 Å². The van der Waals surface area contributed by atoms with Gasteiger partial charge in [-0.05, 0) is 48.5 Å². The van der Waals surface area contributed by atoms with Crippen LogP contribution in [0.1, 0.15) is 0 Å². The van der Waals surface area contributed by atoms with Gasteiger partial charge in [0.2, 0.25) is 0 Å². The van der Waals surface area contributed by atoms with Crippen molar-refractivity contribution in [1.82, 2.24) is 14.1 Å². The maximum atomic E-state index is 3.75. The van der Waals surface area contributed by atoms with Gasteiger partial charge in [-0.1, -0.05) is 84.9 Å². The first-order valence-corrected chi connectivity index (χ1v) is 13.4. The summed E-state index contributed by atoms with van der Waals surface area (Å²) >= 11 is 0. The van der Waals surface area contributed by atoms with Crippen LogP contribution in [0.15, 0.2) is 133 Å². The maximum Gasteiger partial charge on any atom is 0.0541 e. The van der Waals surface area contributed by atoms with Crippen molar-refractivity contribution in [3.8, 4) is 11.4 Å². The normalized spacial score (nSPS) is 12.1. The summed E-state index contributed by atoms with van der Waals surface area (Å²) in [7, 11) is 0. The third kappa shape index (κ3) is 2.82. The predicted molar refractivity (Wildman–Crippen MR) is 164 cm³/mol. The van der Waals surface area contributed by atoms with Gasteiger partial charge in [0.1, 0.15) is 0 Å². The Morgan fingerprint density at radius 2 is 0.667 bits per heavy atom. The zero-order valence-corrected chi connectivity index (χ0v) is 21.1. The van der Waals surface area contributed by atoms with E-state index in [2.05, 4.69) is 148 Å². The fraction of sp³-hybridized carbons (Fsp3) is 0. The largest absolute Gasteiger partial charge is 0.354 e. The molecule has 0 bridgehead atoms. The van der Waals surface area contributed by atoms with Crippen molar-refractivity contribution in [3.05, 3.63) is 133 Å². The number of fused-ring (bicyclic) bond motifs is 9. The summed E-state index contributed by atoms with van der Waals surface area (Å²) in [5, 5.41) is 7.59. The molecule has 6 aromatic carbocycles. The van der Waals surface area contributed by atoms with E-state index < -0.39 is 0 Å². The molecule has 0 radical (unpaired) electrons. The van der Waals surface area contributed by atoms with Crippen LogP contribution in [-0.2, 0) is 0 Å². The van der Waals surface area contributed by atoms with Gasteiger partial charge in [0.25, 0.3) is 0 Å². The van der Waals surface area contributed by atoms with Crippen LogP contribution < -0.4 is 0 Å². The first kappa shape index (κ1) is 20.7. The van der Waals surface area contributed by atoms with Gasteiger partial charge in [0.05, 0.1) is 22.1 Å². The molecule has 0 aliphatic heterocycles. The Hall–Kier alpha value is -5.28. The minimum atomic E-state index is 1.14. The molecule has 3 heterocycles. The zero-order valence-electron chi connectivity index (χ0n) is 21.1. The number of hydrogen-bond acceptors (Lipinski definition) is 0. The number of para-hydroxylation sites is 4. The molecular weight excluding hydrogens is 474 g/mol. The van der Waals surface area contributed by atoms with Crippen molar-refractivity contribution in [2.24, 2.45) is 0 Å². The molecule has 0 aliphatic rings. The SMILES string of the molecule is c1ccc2c(c1)c1ccccc1n2-c1ccc2c(c1)[nH]c1cc(-n3c4ccccc4c4ccccc43)ccc12. The number of aromatic amines is 1. The van der Waals surface area contributed by atoms with Gasteiger partial charge in [-0.2, -0.15) is 0 Å². The minimum absolute atomic E-state index is 1.14. The van der Waals surface area contributed by atoms with E-state index in [9.17, 15) is 0 Å². The molecule has 9 rings (SSSR count). The number of nitrogens with one attached hydrogen (secondary N) is 1. The van der Waals surface area contributed by atoms with Gasteiger partial charge in [0.15, 0.2) is 0 Å². The lowest BCUT2D eigenvalue weighted by Gasteiger charge is -2.08. The van der Waals surface area contributed by atoms with Gasteiger partial charge in [0, 0.05) is 54.7 Å². The molecule has 0 unspecified atom stereocenters. The van der Waals surface area contributed by atoms with Crippen LogP contribution in [0.4, 0.5) is 0 Å². The van der Waals surface area contributed by atoms with E-state index in [1.165, 1.54) is 54.4 Å². The second-order valence-corrected chi connectivity index (χ2v) is 10.3. The second-order valence-electron chi connectivity index (χ2n) is 10.3. The fourth-order valence-corrected chi connectivity index (χ4v) is 6.57. The quantitative estimate of drug-likeness (QED) is 0.246. The highest BCUT2D eigenvalue weighted by atomic mass is 15.0. The highest BCUT2D eigenvalue weighted by Gasteiger charge is 2.15. The van der Waals surface area contributed by atoms with Crippen molar-refractivity contribution < 1.29 is 0 Å². The first-order valence-electron chi connectivity index (χ1n) is 13.4. The average Bonchev–Trinajstić information content (AvgIpc) is 3.64. The van der Waals surface area contributed by atoms with Crippen LogP contribution in [-0.4, -0.2) is 14.1 Å². The fourth-order valence-electron chi connectivity index (χ4n) is 6.57. The molecule has 3 aromatic heterocycles. The van der Waals surface area contributed by atoms with E-state index in [4.69, 9.17) is 0 Å². The topological polar surface area (TPSA) is 25.6 Å². The summed E-state index contributed by atoms with van der Waals surface area (Å²) in [6.07, 6.45) is 0. The molecule has 3 nitrogen and oxygen atoms in total. The molecule has 0 fully saturated rings. The molecule has 39 heavy (non-hydrogen) atoms. The molecule has 0 spiro atoms. The molecular formula is C36H23N3. The van der Waals surface area contributed by atoms with Gasteiger partial charge >= 0.3 is 0 Å². The number of benzene rings is 6. The van der Waals surface area contributed by atoms with Crippen LogP contribution in [0.2, 0.25) is 0 Å². The molecule has 1 N–H and O–H groups in total. The van der Waals surface area contributed by atoms with Crippen LogP contribution in [0.3, 0.4) is 0 Å². The van der Waals surface area contributed by atoms with E-state index in [1.54, 1.807) is 0 Å². The van der Waals surface area contributed by atoms with Crippen LogP contribution >= 0.6 is 0 Å². The summed E-state index contributed by atoms with van der Waals surface area (Å²) < 4.78 is 4.75. The Bertz CT molecular complexity index is 2120. The molecule has 0 saturated carbocycles. The van der Waals surface area contributed by atoms with E-state index in [1.807, 2.05) is 0 Å². The molecule has 3 heteroatoms. The van der Waals surface area contributed by atoms with Crippen molar-refractivity contribution in [3.63, 3.8) is 0 Å². The van der Waals surface area contributed by atoms with Crippen LogP contribution in [0, 0.1) is 0 Å². The van der Waals surface area contributed by atoms with Gasteiger partial charge < -0.3 is 14.1 Å². The Labute approximate surface area is 224 Å². The Morgan fingerprint density at radius 1 is 0.333 bits per heavy atom. The zero-order chi connectivity index (χ0) is 25.5. The molecule has 0 amide bonds. The van der Waals surface area contributed by atoms with Gasteiger partial charge in [-0.3, -0.25) is 0 Å². The third-order valence-corrected chi connectivity index (χ3v) is 8.24. The summed E-state index contributed by atoms with van der Waals surface area (Å²) in [5.74, 6) is 0. The molecule has 182 valence electrons. The number of aromatic nitrogens is 3. The Kier molecular flexibility index (Phi) is 4.05. The lowest BCUT2D eigenvalue weighted by molar-refractivity contribution is 1.18. The van der Waals surface area contributed by atoms with Crippen molar-refractivity contribution in [1.29, 1.82) is 0 Å². The van der Waals surface area contributed by atoms with E-state index in [0.29, 0.717) is 0 Å². The number of hydrogen-bond donors (Lipinski definition) is 1. The lowest BCUT2D eigenvalue weighted by atomic mass is 10.1. The monoisotopic (exact) mass is 497 g/mol. The van der Waals surface area contributed by atoms with Gasteiger partial charge in [-0.15, -0.1) is 0 Å². The van der Waals surface area contributed by atoms with Gasteiger partial charge in [-0.25, -0.2) is 0 Å². The van der Waals surface area contributed by atoms with Crippen LogP contribution in [0.5, 0.6) is 0 Å². The van der Waals surface area contributed by atoms with E-state index >= 15 is 0 Å². The van der Waals surface area contributed by atoms with Crippen LogP contribution in [0.25, 0.3) is 76.8 Å². The predicted octanol–water partition coefficient (Wildman–Crippen LogP) is 9.52. The second kappa shape index (κ2) is 7.62. The molecule has 0 atom stereocenters. The summed E-state index contributed by atoms with van der Waals surface area (Å²) in [4.78, 5) is 3.75. The van der Waals surface area contributed by atoms with Crippen molar-refractivity contribution >= 4 is 65.4 Å². The lowest BCUT2D eigenvalue weighted by Crippen LogP contribution is -1.93. The number of rotatable bonds is 2. The number of nitrogens with zero attached hydrogens (tertiary/aromatic N) is 2. The summed E-state index contributed by atoms with van der Waals surface area (Å²) in [6, 6.07) is 48.2. The van der Waals surface area contributed by atoms with E-state index in [0.717, 1.165) is 22.4 Å². The first-order chi connectivity index (χ1) is 19.3. The minimum Gasteiger partial charge on any atom is -0.354 e. The molecule has 0 aliphatic carbocycles. The highest BCUT2D eigenvalue weighted by Crippen LogP contribution is 2.36. The maximum absolute atomic E-state index is 3.75. The molecule has 0 saturated heterocycles. The number of H-pyrrole nitrogens is 1. The average molecular weight is 498 g/mol. The summed E-state index contributed by atoms with van der Waals surface area (Å²) in [5.41, 5.74) is 9.51. The third-order valence-electron chi connectivity index (χ3n) is 8.24. The Morgan fingerprint density at radius 3 is 1.03 bits per heavy atom. The Balaban J connectivity index is 1.27. The van der Waals surface area contributed by atoms with Crippen molar-refractivity contribution in [2.45, 2.75) is 0 Å². The molecule has 9 aromatic rings. The standard InChI is InChI=1S/C36H23N3/c1-5-13-33-27(9-1)28-10-2-6-14-34(28)38(33)23-17-19-25-26-20-18-24(22-32(26)37-31(25)21-23)39-35-15-7-3-11-29(35)30-12-4-8-16-36(30)39/h1-22,37H. The van der Waals surface area contributed by atoms with E-state index in [-0.39, 0.29) is 0 Å². The highest BCUT2D eigenvalue weighted by molar-refractivity contribution is 6.12. The smallest absolute Gasteiger partial charge is 0.0541 e. The summed E-state index contributed by atoms with van der Waals surface area (Å²) in [6.45, 7) is 0.